The van der Waals surface area contributed by atoms with E-state index in [9.17, 15) is 9.18 Å². The minimum atomic E-state index is -0.294. The first kappa shape index (κ1) is 16.8. The molecule has 2 heterocycles. The minimum absolute atomic E-state index is 0.0202. The molecule has 132 valence electrons. The second-order valence-electron chi connectivity index (χ2n) is 6.10. The lowest BCUT2D eigenvalue weighted by molar-refractivity contribution is 0.0773. The van der Waals surface area contributed by atoms with E-state index in [0.29, 0.717) is 11.3 Å². The van der Waals surface area contributed by atoms with Gasteiger partial charge in [-0.2, -0.15) is 11.8 Å². The number of nitrogens with zero attached hydrogens (tertiary/aromatic N) is 2. The second kappa shape index (κ2) is 7.33. The Morgan fingerprint density at radius 1 is 1.08 bits per heavy atom. The number of aromatic nitrogens is 1. The van der Waals surface area contributed by atoms with Crippen LogP contribution in [0.25, 0.3) is 10.9 Å². The molecule has 2 aromatic carbocycles. The minimum Gasteiger partial charge on any atom is -0.354 e. The topological polar surface area (TPSA) is 45.2 Å². The van der Waals surface area contributed by atoms with Crippen molar-refractivity contribution in [1.29, 1.82) is 0 Å². The number of rotatable bonds is 3. The van der Waals surface area contributed by atoms with Crippen LogP contribution in [-0.2, 0) is 0 Å². The van der Waals surface area contributed by atoms with Crippen molar-refractivity contribution in [2.24, 2.45) is 0 Å². The van der Waals surface area contributed by atoms with Gasteiger partial charge in [-0.3, -0.25) is 9.78 Å². The van der Waals surface area contributed by atoms with E-state index in [0.717, 1.165) is 41.2 Å². The molecular weight excluding hydrogens is 349 g/mol. The summed E-state index contributed by atoms with van der Waals surface area (Å²) in [6.07, 6.45) is 1.64. The van der Waals surface area contributed by atoms with Crippen molar-refractivity contribution >= 4 is 39.9 Å². The Balaban J connectivity index is 1.78. The summed E-state index contributed by atoms with van der Waals surface area (Å²) in [4.78, 5) is 19.4. The fourth-order valence-electron chi connectivity index (χ4n) is 3.05. The molecule has 0 saturated carbocycles. The van der Waals surface area contributed by atoms with E-state index in [-0.39, 0.29) is 11.7 Å². The molecular formula is C20H18FN3OS. The number of para-hydroxylation sites is 1. The second-order valence-corrected chi connectivity index (χ2v) is 7.33. The monoisotopic (exact) mass is 367 g/mol. The summed E-state index contributed by atoms with van der Waals surface area (Å²) < 4.78 is 13.2. The molecule has 1 aliphatic heterocycles. The van der Waals surface area contributed by atoms with E-state index >= 15 is 0 Å². The zero-order chi connectivity index (χ0) is 17.9. The van der Waals surface area contributed by atoms with E-state index in [2.05, 4.69) is 10.3 Å². The van der Waals surface area contributed by atoms with Crippen LogP contribution in [0.3, 0.4) is 0 Å². The van der Waals surface area contributed by atoms with E-state index in [4.69, 9.17) is 0 Å². The molecule has 0 spiro atoms. The Hall–Kier alpha value is -2.60. The lowest BCUT2D eigenvalue weighted by atomic mass is 10.1. The zero-order valence-corrected chi connectivity index (χ0v) is 14.9. The maximum atomic E-state index is 13.2. The third kappa shape index (κ3) is 3.37. The van der Waals surface area contributed by atoms with Gasteiger partial charge < -0.3 is 10.2 Å². The van der Waals surface area contributed by atoms with Gasteiger partial charge in [-0.1, -0.05) is 18.2 Å². The average molecular weight is 367 g/mol. The van der Waals surface area contributed by atoms with Crippen molar-refractivity contribution < 1.29 is 9.18 Å². The van der Waals surface area contributed by atoms with Crippen LogP contribution in [0, 0.1) is 5.82 Å². The van der Waals surface area contributed by atoms with Crippen molar-refractivity contribution in [3.63, 3.8) is 0 Å². The molecule has 3 aromatic rings. The summed E-state index contributed by atoms with van der Waals surface area (Å²) >= 11 is 1.86. The fourth-order valence-corrected chi connectivity index (χ4v) is 3.96. The van der Waals surface area contributed by atoms with Crippen molar-refractivity contribution in [1.82, 2.24) is 9.88 Å². The molecule has 26 heavy (non-hydrogen) atoms. The van der Waals surface area contributed by atoms with Crippen molar-refractivity contribution in [2.45, 2.75) is 0 Å². The molecule has 1 aliphatic rings. The standard InChI is InChI=1S/C20H18FN3OS/c21-14-5-7-15(8-6-14)23-19-16-3-1-2-4-18(16)22-13-17(19)20(25)24-9-11-26-12-10-24/h1-8,13H,9-12H2,(H,22,23). The SMILES string of the molecule is O=C(c1cnc2ccccc2c1Nc1ccc(F)cc1)N1CCSCC1. The van der Waals surface area contributed by atoms with Crippen molar-refractivity contribution in [3.05, 3.63) is 66.1 Å². The molecule has 1 fully saturated rings. The largest absolute Gasteiger partial charge is 0.354 e. The maximum Gasteiger partial charge on any atom is 0.257 e. The first-order valence-electron chi connectivity index (χ1n) is 8.50. The molecule has 4 nitrogen and oxygen atoms in total. The number of benzene rings is 2. The number of hydrogen-bond donors (Lipinski definition) is 1. The highest BCUT2D eigenvalue weighted by Crippen LogP contribution is 2.30. The molecule has 0 bridgehead atoms. The van der Waals surface area contributed by atoms with Gasteiger partial charge in [0, 0.05) is 41.9 Å². The highest BCUT2D eigenvalue weighted by molar-refractivity contribution is 7.99. The number of pyridine rings is 1. The number of nitrogens with one attached hydrogen (secondary N) is 1. The van der Waals surface area contributed by atoms with Gasteiger partial charge in [-0.15, -0.1) is 0 Å². The van der Waals surface area contributed by atoms with E-state index < -0.39 is 0 Å². The number of amides is 1. The molecule has 0 radical (unpaired) electrons. The first-order chi connectivity index (χ1) is 12.7. The fraction of sp³-hybridized carbons (Fsp3) is 0.200. The van der Waals surface area contributed by atoms with Gasteiger partial charge >= 0.3 is 0 Å². The van der Waals surface area contributed by atoms with Gasteiger partial charge in [0.05, 0.1) is 16.8 Å². The van der Waals surface area contributed by atoms with Crippen LogP contribution in [0.2, 0.25) is 0 Å². The van der Waals surface area contributed by atoms with Crippen LogP contribution in [-0.4, -0.2) is 40.4 Å². The van der Waals surface area contributed by atoms with Crippen LogP contribution in [0.15, 0.2) is 54.7 Å². The normalized spacial score (nSPS) is 14.4. The Labute approximate surface area is 155 Å². The number of carbonyl (C=O) groups excluding carboxylic acids is 1. The molecule has 6 heteroatoms. The summed E-state index contributed by atoms with van der Waals surface area (Å²) in [6, 6.07) is 13.8. The molecule has 0 aliphatic carbocycles. The third-order valence-electron chi connectivity index (χ3n) is 4.42. The van der Waals surface area contributed by atoms with E-state index in [1.807, 2.05) is 40.9 Å². The number of hydrogen-bond acceptors (Lipinski definition) is 4. The lowest BCUT2D eigenvalue weighted by Gasteiger charge is -2.27. The van der Waals surface area contributed by atoms with E-state index in [1.165, 1.54) is 12.1 Å². The van der Waals surface area contributed by atoms with Crippen LogP contribution in [0.1, 0.15) is 10.4 Å². The number of anilines is 2. The third-order valence-corrected chi connectivity index (χ3v) is 5.36. The van der Waals surface area contributed by atoms with Crippen molar-refractivity contribution in [2.75, 3.05) is 29.9 Å². The van der Waals surface area contributed by atoms with Gasteiger partial charge in [0.1, 0.15) is 5.82 Å². The highest BCUT2D eigenvalue weighted by atomic mass is 32.2. The number of fused-ring (bicyclic) bond motifs is 1. The summed E-state index contributed by atoms with van der Waals surface area (Å²) in [6.45, 7) is 1.48. The molecule has 1 amide bonds. The smallest absolute Gasteiger partial charge is 0.257 e. The number of thioether (sulfide) groups is 1. The van der Waals surface area contributed by atoms with Gasteiger partial charge in [0.2, 0.25) is 0 Å². The van der Waals surface area contributed by atoms with E-state index in [1.54, 1.807) is 18.3 Å². The van der Waals surface area contributed by atoms with Gasteiger partial charge in [-0.25, -0.2) is 4.39 Å². The summed E-state index contributed by atoms with van der Waals surface area (Å²) in [5, 5.41) is 4.17. The first-order valence-corrected chi connectivity index (χ1v) is 9.65. The number of carbonyl (C=O) groups is 1. The number of halogens is 1. The van der Waals surface area contributed by atoms with Gasteiger partial charge in [0.15, 0.2) is 0 Å². The summed E-state index contributed by atoms with van der Waals surface area (Å²) in [5.41, 5.74) is 2.79. The quantitative estimate of drug-likeness (QED) is 0.749. The van der Waals surface area contributed by atoms with Crippen LogP contribution in [0.5, 0.6) is 0 Å². The maximum absolute atomic E-state index is 13.2. The molecule has 1 N–H and O–H groups in total. The summed E-state index contributed by atoms with van der Waals surface area (Å²) in [5.74, 6) is 1.59. The highest BCUT2D eigenvalue weighted by Gasteiger charge is 2.23. The van der Waals surface area contributed by atoms with Gasteiger partial charge in [-0.05, 0) is 30.3 Å². The molecule has 0 unspecified atom stereocenters. The Bertz CT molecular complexity index is 939. The molecule has 4 rings (SSSR count). The predicted octanol–water partition coefficient (Wildman–Crippen LogP) is 4.31. The zero-order valence-electron chi connectivity index (χ0n) is 14.1. The molecule has 0 atom stereocenters. The van der Waals surface area contributed by atoms with Crippen LogP contribution < -0.4 is 5.32 Å². The predicted molar refractivity (Wildman–Crippen MR) is 105 cm³/mol. The van der Waals surface area contributed by atoms with Crippen molar-refractivity contribution in [3.8, 4) is 0 Å². The van der Waals surface area contributed by atoms with Crippen LogP contribution >= 0.6 is 11.8 Å². The lowest BCUT2D eigenvalue weighted by Crippen LogP contribution is -2.38. The average Bonchev–Trinajstić information content (AvgIpc) is 2.70. The Morgan fingerprint density at radius 2 is 1.81 bits per heavy atom. The molecule has 1 aromatic heterocycles. The van der Waals surface area contributed by atoms with Crippen LogP contribution in [0.4, 0.5) is 15.8 Å². The Morgan fingerprint density at radius 3 is 2.58 bits per heavy atom. The Kier molecular flexibility index (Phi) is 4.75. The van der Waals surface area contributed by atoms with Gasteiger partial charge in [0.25, 0.3) is 5.91 Å². The molecule has 1 saturated heterocycles. The summed E-state index contributed by atoms with van der Waals surface area (Å²) in [7, 11) is 0.